The number of nitrogens with zero attached hydrogens (tertiary/aromatic N) is 4. The molecular formula is C27H27N5OS. The molecule has 1 saturated heterocycles. The van der Waals surface area contributed by atoms with Gasteiger partial charge in [-0.2, -0.15) is 0 Å². The molecule has 4 heterocycles. The minimum atomic E-state index is -0.111. The Hall–Kier alpha value is -3.71. The van der Waals surface area contributed by atoms with Crippen molar-refractivity contribution in [3.8, 4) is 11.6 Å². The molecule has 0 aliphatic carbocycles. The number of pyridine rings is 2. The predicted molar refractivity (Wildman–Crippen MR) is 139 cm³/mol. The topological polar surface area (TPSA) is 55.2 Å². The van der Waals surface area contributed by atoms with Crippen LogP contribution >= 0.6 is 12.2 Å². The summed E-state index contributed by atoms with van der Waals surface area (Å²) in [6, 6.07) is 20.2. The van der Waals surface area contributed by atoms with Crippen molar-refractivity contribution in [2.24, 2.45) is 0 Å². The molecular weight excluding hydrogens is 442 g/mol. The number of aromatic nitrogens is 3. The number of benzene rings is 1. The predicted octanol–water partition coefficient (Wildman–Crippen LogP) is 5.38. The molecule has 0 amide bonds. The molecule has 6 nitrogen and oxygen atoms in total. The van der Waals surface area contributed by atoms with Crippen molar-refractivity contribution in [2.45, 2.75) is 32.9 Å². The Kier molecular flexibility index (Phi) is 5.79. The van der Waals surface area contributed by atoms with Crippen LogP contribution in [0.5, 0.6) is 5.75 Å². The molecule has 2 atom stereocenters. The lowest BCUT2D eigenvalue weighted by Crippen LogP contribution is -2.29. The lowest BCUT2D eigenvalue weighted by molar-refractivity contribution is 0.415. The highest BCUT2D eigenvalue weighted by Crippen LogP contribution is 2.44. The van der Waals surface area contributed by atoms with E-state index in [1.54, 1.807) is 7.11 Å². The van der Waals surface area contributed by atoms with Gasteiger partial charge in [-0.15, -0.1) is 0 Å². The van der Waals surface area contributed by atoms with Crippen LogP contribution in [0.15, 0.2) is 73.1 Å². The number of ether oxygens (including phenoxy) is 1. The van der Waals surface area contributed by atoms with Crippen molar-refractivity contribution in [2.75, 3.05) is 12.0 Å². The van der Waals surface area contributed by atoms with Gasteiger partial charge in [-0.05, 0) is 80.5 Å². The summed E-state index contributed by atoms with van der Waals surface area (Å²) >= 11 is 5.87. The van der Waals surface area contributed by atoms with E-state index in [4.69, 9.17) is 17.0 Å². The van der Waals surface area contributed by atoms with Gasteiger partial charge in [-0.1, -0.05) is 18.2 Å². The molecule has 0 spiro atoms. The van der Waals surface area contributed by atoms with E-state index in [1.807, 2.05) is 55.7 Å². The summed E-state index contributed by atoms with van der Waals surface area (Å²) < 4.78 is 7.71. The average molecular weight is 470 g/mol. The fourth-order valence-corrected chi connectivity index (χ4v) is 5.09. The lowest BCUT2D eigenvalue weighted by Gasteiger charge is -2.28. The van der Waals surface area contributed by atoms with E-state index in [2.05, 4.69) is 62.9 Å². The van der Waals surface area contributed by atoms with Crippen molar-refractivity contribution in [1.82, 2.24) is 19.9 Å². The first-order valence-electron chi connectivity index (χ1n) is 11.2. The first-order chi connectivity index (χ1) is 16.5. The van der Waals surface area contributed by atoms with Crippen molar-refractivity contribution >= 4 is 23.0 Å². The lowest BCUT2D eigenvalue weighted by atomic mass is 9.96. The number of methoxy groups -OCH3 is 1. The number of anilines is 1. The van der Waals surface area contributed by atoms with E-state index < -0.39 is 0 Å². The van der Waals surface area contributed by atoms with Gasteiger partial charge < -0.3 is 19.5 Å². The largest absolute Gasteiger partial charge is 0.497 e. The molecule has 7 heteroatoms. The highest BCUT2D eigenvalue weighted by Gasteiger charge is 2.42. The highest BCUT2D eigenvalue weighted by molar-refractivity contribution is 7.80. The van der Waals surface area contributed by atoms with E-state index in [0.717, 1.165) is 39.9 Å². The van der Waals surface area contributed by atoms with Crippen molar-refractivity contribution in [3.05, 3.63) is 101 Å². The van der Waals surface area contributed by atoms with Crippen molar-refractivity contribution < 1.29 is 4.74 Å². The number of aryl methyl sites for hydroxylation is 2. The molecule has 1 fully saturated rings. The summed E-state index contributed by atoms with van der Waals surface area (Å²) in [5.41, 5.74) is 6.46. The highest BCUT2D eigenvalue weighted by atomic mass is 32.1. The van der Waals surface area contributed by atoms with Crippen LogP contribution in [0.25, 0.3) is 5.82 Å². The van der Waals surface area contributed by atoms with E-state index in [-0.39, 0.29) is 12.1 Å². The molecule has 0 saturated carbocycles. The third-order valence-electron chi connectivity index (χ3n) is 6.34. The standard InChI is InChI=1S/C27H27N5OS/c1-17-11-12-24(29-16-17)31-18(2)14-22(19(31)3)26-25(23-10-5-6-13-28-23)30-27(34)32(26)20-8-7-9-21(15-20)33-4/h5-16,25-26H,1-4H3,(H,30,34)/t25-,26+/m1/s1. The van der Waals surface area contributed by atoms with Crippen molar-refractivity contribution in [1.29, 1.82) is 0 Å². The molecule has 1 aliphatic heterocycles. The van der Waals surface area contributed by atoms with Gasteiger partial charge in [-0.3, -0.25) is 4.98 Å². The fourth-order valence-electron chi connectivity index (χ4n) is 4.74. The number of hydrogen-bond donors (Lipinski definition) is 1. The summed E-state index contributed by atoms with van der Waals surface area (Å²) in [4.78, 5) is 11.5. The van der Waals surface area contributed by atoms with E-state index in [1.165, 1.54) is 5.56 Å². The quantitative estimate of drug-likeness (QED) is 0.396. The Balaban J connectivity index is 1.68. The second-order valence-electron chi connectivity index (χ2n) is 8.55. The van der Waals surface area contributed by atoms with Crippen LogP contribution in [-0.4, -0.2) is 26.8 Å². The number of rotatable bonds is 5. The summed E-state index contributed by atoms with van der Waals surface area (Å²) in [7, 11) is 1.68. The smallest absolute Gasteiger partial charge is 0.174 e. The molecule has 1 aromatic carbocycles. The van der Waals surface area contributed by atoms with Gasteiger partial charge in [0.2, 0.25) is 0 Å². The molecule has 0 unspecified atom stereocenters. The van der Waals surface area contributed by atoms with Crippen LogP contribution in [0.1, 0.15) is 40.3 Å². The van der Waals surface area contributed by atoms with Crippen LogP contribution in [0.3, 0.4) is 0 Å². The zero-order valence-electron chi connectivity index (χ0n) is 19.7. The Bertz CT molecular complexity index is 1330. The third kappa shape index (κ3) is 3.82. The van der Waals surface area contributed by atoms with Crippen LogP contribution in [0.2, 0.25) is 0 Å². The number of hydrogen-bond acceptors (Lipinski definition) is 4. The second kappa shape index (κ2) is 8.91. The first kappa shape index (κ1) is 22.1. The monoisotopic (exact) mass is 469 g/mol. The van der Waals surface area contributed by atoms with Crippen LogP contribution in [-0.2, 0) is 0 Å². The zero-order chi connectivity index (χ0) is 23.8. The van der Waals surface area contributed by atoms with Crippen LogP contribution < -0.4 is 15.0 Å². The van der Waals surface area contributed by atoms with Gasteiger partial charge in [0.1, 0.15) is 11.6 Å². The molecule has 1 N–H and O–H groups in total. The number of thiocarbonyl (C=S) groups is 1. The fraction of sp³-hybridized carbons (Fsp3) is 0.222. The van der Waals surface area contributed by atoms with Gasteiger partial charge in [0, 0.05) is 35.5 Å². The summed E-state index contributed by atoms with van der Waals surface area (Å²) in [6.45, 7) is 6.31. The summed E-state index contributed by atoms with van der Waals surface area (Å²) in [5, 5.41) is 4.20. The maximum absolute atomic E-state index is 5.87. The maximum atomic E-state index is 5.87. The molecule has 0 bridgehead atoms. The average Bonchev–Trinajstić information content (AvgIpc) is 3.35. The number of nitrogens with one attached hydrogen (secondary N) is 1. The Morgan fingerprint density at radius 1 is 0.971 bits per heavy atom. The van der Waals surface area contributed by atoms with Gasteiger partial charge in [0.05, 0.1) is 24.9 Å². The molecule has 5 rings (SSSR count). The second-order valence-corrected chi connectivity index (χ2v) is 8.94. The van der Waals surface area contributed by atoms with Crippen LogP contribution in [0.4, 0.5) is 5.69 Å². The van der Waals surface area contributed by atoms with Gasteiger partial charge >= 0.3 is 0 Å². The Labute approximate surface area is 205 Å². The first-order valence-corrected chi connectivity index (χ1v) is 11.7. The molecule has 3 aromatic heterocycles. The van der Waals surface area contributed by atoms with E-state index in [0.29, 0.717) is 5.11 Å². The SMILES string of the molecule is COc1cccc(N2C(=S)N[C@H](c3ccccn3)[C@@H]2c2cc(C)n(-c3ccc(C)cn3)c2C)c1. The van der Waals surface area contributed by atoms with E-state index in [9.17, 15) is 0 Å². The molecule has 1 aliphatic rings. The van der Waals surface area contributed by atoms with Gasteiger partial charge in [0.15, 0.2) is 5.11 Å². The molecule has 4 aromatic rings. The summed E-state index contributed by atoms with van der Waals surface area (Å²) in [6.07, 6.45) is 3.73. The maximum Gasteiger partial charge on any atom is 0.174 e. The molecule has 0 radical (unpaired) electrons. The normalized spacial score (nSPS) is 17.6. The Morgan fingerprint density at radius 2 is 1.82 bits per heavy atom. The molecule has 34 heavy (non-hydrogen) atoms. The summed E-state index contributed by atoms with van der Waals surface area (Å²) in [5.74, 6) is 1.69. The van der Waals surface area contributed by atoms with Crippen LogP contribution in [0, 0.1) is 20.8 Å². The van der Waals surface area contributed by atoms with E-state index >= 15 is 0 Å². The minimum absolute atomic E-state index is 0.0973. The Morgan fingerprint density at radius 3 is 2.53 bits per heavy atom. The molecule has 172 valence electrons. The van der Waals surface area contributed by atoms with Gasteiger partial charge in [0.25, 0.3) is 0 Å². The third-order valence-corrected chi connectivity index (χ3v) is 6.66. The van der Waals surface area contributed by atoms with Gasteiger partial charge in [-0.25, -0.2) is 4.98 Å². The minimum Gasteiger partial charge on any atom is -0.497 e. The van der Waals surface area contributed by atoms with Crippen molar-refractivity contribution in [3.63, 3.8) is 0 Å². The zero-order valence-corrected chi connectivity index (χ0v) is 20.5.